The average molecular weight is 388 g/mol. The smallest absolute Gasteiger partial charge is 0.248 e. The number of carbonyl (C=O) groups is 1. The molecule has 0 aliphatic carbocycles. The number of benzene rings is 2. The van der Waals surface area contributed by atoms with Crippen LogP contribution in [0.4, 0.5) is 5.69 Å². The van der Waals surface area contributed by atoms with Gasteiger partial charge in [-0.2, -0.15) is 0 Å². The van der Waals surface area contributed by atoms with Gasteiger partial charge in [-0.3, -0.25) is 4.79 Å². The first-order chi connectivity index (χ1) is 9.88. The zero-order chi connectivity index (χ0) is 15.6. The van der Waals surface area contributed by atoms with Crippen LogP contribution in [0.1, 0.15) is 21.5 Å². The van der Waals surface area contributed by atoms with E-state index in [0.29, 0.717) is 22.2 Å². The number of aryl methyl sites for hydroxylation is 1. The summed E-state index contributed by atoms with van der Waals surface area (Å²) in [7, 11) is 0. The largest absolute Gasteiger partial charge is 0.380 e. The Kier molecular flexibility index (Phi) is 5.14. The highest BCUT2D eigenvalue weighted by Crippen LogP contribution is 2.30. The molecule has 2 rings (SSSR count). The highest BCUT2D eigenvalue weighted by molar-refractivity contribution is 9.10. The molecule has 0 saturated carbocycles. The standard InChI is InChI=1S/C15H13BrCl2N2O/c1-8-4-11(16)14(6-12(8)17)20-7-10-3-2-9(15(19)21)5-13(10)18/h2-6,20H,7H2,1H3,(H2,19,21). The van der Waals surface area contributed by atoms with E-state index in [1.54, 1.807) is 18.2 Å². The van der Waals surface area contributed by atoms with Crippen LogP contribution in [-0.2, 0) is 6.54 Å². The van der Waals surface area contributed by atoms with Crippen LogP contribution in [-0.4, -0.2) is 5.91 Å². The van der Waals surface area contributed by atoms with Crippen molar-refractivity contribution in [2.75, 3.05) is 5.32 Å². The lowest BCUT2D eigenvalue weighted by Crippen LogP contribution is -2.11. The Hall–Kier alpha value is -1.23. The Bertz CT molecular complexity index is 704. The topological polar surface area (TPSA) is 55.1 Å². The maximum absolute atomic E-state index is 11.1. The molecule has 21 heavy (non-hydrogen) atoms. The molecule has 0 bridgehead atoms. The van der Waals surface area contributed by atoms with E-state index in [-0.39, 0.29) is 0 Å². The van der Waals surface area contributed by atoms with Crippen molar-refractivity contribution in [1.82, 2.24) is 0 Å². The summed E-state index contributed by atoms with van der Waals surface area (Å²) in [5.74, 6) is -0.496. The molecule has 0 fully saturated rings. The lowest BCUT2D eigenvalue weighted by molar-refractivity contribution is 0.100. The molecule has 0 aromatic heterocycles. The second-order valence-corrected chi connectivity index (χ2v) is 6.27. The van der Waals surface area contributed by atoms with E-state index >= 15 is 0 Å². The summed E-state index contributed by atoms with van der Waals surface area (Å²) in [6, 6.07) is 8.80. The summed E-state index contributed by atoms with van der Waals surface area (Å²) in [4.78, 5) is 11.1. The molecule has 3 N–H and O–H groups in total. The molecule has 0 aliphatic rings. The van der Waals surface area contributed by atoms with Crippen LogP contribution in [0.2, 0.25) is 10.0 Å². The number of carbonyl (C=O) groups excluding carboxylic acids is 1. The highest BCUT2D eigenvalue weighted by Gasteiger charge is 2.08. The summed E-state index contributed by atoms with van der Waals surface area (Å²) >= 11 is 15.8. The van der Waals surface area contributed by atoms with Crippen LogP contribution in [0.25, 0.3) is 0 Å². The minimum absolute atomic E-state index is 0.392. The molecule has 0 aliphatic heterocycles. The number of rotatable bonds is 4. The van der Waals surface area contributed by atoms with Crippen LogP contribution in [0.5, 0.6) is 0 Å². The molecule has 2 aromatic rings. The molecule has 0 spiro atoms. The predicted molar refractivity (Wildman–Crippen MR) is 91.2 cm³/mol. The minimum Gasteiger partial charge on any atom is -0.380 e. The van der Waals surface area contributed by atoms with Gasteiger partial charge in [-0.05, 0) is 58.2 Å². The van der Waals surface area contributed by atoms with Gasteiger partial charge in [0.15, 0.2) is 0 Å². The Morgan fingerprint density at radius 2 is 1.95 bits per heavy atom. The zero-order valence-corrected chi connectivity index (χ0v) is 14.3. The van der Waals surface area contributed by atoms with Gasteiger partial charge < -0.3 is 11.1 Å². The molecular formula is C15H13BrCl2N2O. The van der Waals surface area contributed by atoms with Gasteiger partial charge in [-0.25, -0.2) is 0 Å². The average Bonchev–Trinajstić information content (AvgIpc) is 2.42. The fraction of sp³-hybridized carbons (Fsp3) is 0.133. The van der Waals surface area contributed by atoms with Gasteiger partial charge in [-0.15, -0.1) is 0 Å². The van der Waals surface area contributed by atoms with E-state index in [2.05, 4.69) is 21.2 Å². The van der Waals surface area contributed by atoms with Crippen LogP contribution in [0.15, 0.2) is 34.8 Å². The number of amides is 1. The maximum Gasteiger partial charge on any atom is 0.248 e. The normalized spacial score (nSPS) is 10.5. The van der Waals surface area contributed by atoms with Crippen molar-refractivity contribution < 1.29 is 4.79 Å². The molecule has 0 unspecified atom stereocenters. The van der Waals surface area contributed by atoms with Crippen molar-refractivity contribution in [3.8, 4) is 0 Å². The van der Waals surface area contributed by atoms with Gasteiger partial charge in [0.1, 0.15) is 0 Å². The van der Waals surface area contributed by atoms with E-state index in [1.807, 2.05) is 19.1 Å². The van der Waals surface area contributed by atoms with Gasteiger partial charge in [-0.1, -0.05) is 29.3 Å². The van der Waals surface area contributed by atoms with Gasteiger partial charge >= 0.3 is 0 Å². The van der Waals surface area contributed by atoms with Gasteiger partial charge in [0.05, 0.1) is 5.69 Å². The third kappa shape index (κ3) is 3.90. The van der Waals surface area contributed by atoms with Gasteiger partial charge in [0.25, 0.3) is 0 Å². The van der Waals surface area contributed by atoms with E-state index in [0.717, 1.165) is 21.3 Å². The highest BCUT2D eigenvalue weighted by atomic mass is 79.9. The molecule has 2 aromatic carbocycles. The van der Waals surface area contributed by atoms with Crippen molar-refractivity contribution in [2.45, 2.75) is 13.5 Å². The number of halogens is 3. The van der Waals surface area contributed by atoms with E-state index in [9.17, 15) is 4.79 Å². The lowest BCUT2D eigenvalue weighted by Gasteiger charge is -2.12. The van der Waals surface area contributed by atoms with E-state index in [4.69, 9.17) is 28.9 Å². The quantitative estimate of drug-likeness (QED) is 0.793. The minimum atomic E-state index is -0.496. The number of nitrogens with two attached hydrogens (primary N) is 1. The summed E-state index contributed by atoms with van der Waals surface area (Å²) < 4.78 is 0.925. The molecule has 0 saturated heterocycles. The molecule has 0 atom stereocenters. The summed E-state index contributed by atoms with van der Waals surface area (Å²) in [5, 5.41) is 4.44. The summed E-state index contributed by atoms with van der Waals surface area (Å²) in [6.45, 7) is 2.45. The molecule has 0 radical (unpaired) electrons. The van der Waals surface area contributed by atoms with Crippen molar-refractivity contribution >= 4 is 50.7 Å². The summed E-state index contributed by atoms with van der Waals surface area (Å²) in [5.41, 5.74) is 8.35. The van der Waals surface area contributed by atoms with Crippen LogP contribution < -0.4 is 11.1 Å². The molecule has 0 heterocycles. The number of hydrogen-bond acceptors (Lipinski definition) is 2. The van der Waals surface area contributed by atoms with Crippen molar-refractivity contribution in [3.05, 3.63) is 61.5 Å². The Labute approximate surface area is 141 Å². The first-order valence-corrected chi connectivity index (χ1v) is 7.71. The second-order valence-electron chi connectivity index (χ2n) is 4.61. The zero-order valence-electron chi connectivity index (χ0n) is 11.2. The van der Waals surface area contributed by atoms with Gasteiger partial charge in [0, 0.05) is 26.6 Å². The monoisotopic (exact) mass is 386 g/mol. The lowest BCUT2D eigenvalue weighted by atomic mass is 10.1. The van der Waals surface area contributed by atoms with Crippen LogP contribution in [0, 0.1) is 6.92 Å². The van der Waals surface area contributed by atoms with Crippen molar-refractivity contribution in [3.63, 3.8) is 0 Å². The Morgan fingerprint density at radius 3 is 2.57 bits per heavy atom. The maximum atomic E-state index is 11.1. The molecule has 3 nitrogen and oxygen atoms in total. The first-order valence-electron chi connectivity index (χ1n) is 6.16. The third-order valence-corrected chi connectivity index (χ3v) is 4.47. The van der Waals surface area contributed by atoms with E-state index in [1.165, 1.54) is 0 Å². The number of anilines is 1. The fourth-order valence-corrected chi connectivity index (χ4v) is 2.83. The second kappa shape index (κ2) is 6.69. The van der Waals surface area contributed by atoms with Crippen molar-refractivity contribution in [2.24, 2.45) is 5.73 Å². The van der Waals surface area contributed by atoms with E-state index < -0.39 is 5.91 Å². The molecule has 110 valence electrons. The molecule has 1 amide bonds. The first kappa shape index (κ1) is 16.1. The van der Waals surface area contributed by atoms with Gasteiger partial charge in [0.2, 0.25) is 5.91 Å². The Balaban J connectivity index is 2.17. The van der Waals surface area contributed by atoms with Crippen LogP contribution in [0.3, 0.4) is 0 Å². The SMILES string of the molecule is Cc1cc(Br)c(NCc2ccc(C(N)=O)cc2Cl)cc1Cl. The van der Waals surface area contributed by atoms with Crippen molar-refractivity contribution in [1.29, 1.82) is 0 Å². The number of primary amides is 1. The molecule has 6 heteroatoms. The molecular weight excluding hydrogens is 375 g/mol. The fourth-order valence-electron chi connectivity index (χ4n) is 1.82. The van der Waals surface area contributed by atoms with Crippen LogP contribution >= 0.6 is 39.1 Å². The predicted octanol–water partition coefficient (Wildman–Crippen LogP) is 4.78. The third-order valence-electron chi connectivity index (χ3n) is 3.06. The number of hydrogen-bond donors (Lipinski definition) is 2. The Morgan fingerprint density at radius 1 is 1.24 bits per heavy atom. The number of nitrogens with one attached hydrogen (secondary N) is 1. The summed E-state index contributed by atoms with van der Waals surface area (Å²) in [6.07, 6.45) is 0.